The lowest BCUT2D eigenvalue weighted by Crippen LogP contribution is -2.09. The number of nitrogens with zero attached hydrogens (tertiary/aromatic N) is 2. The van der Waals surface area contributed by atoms with E-state index in [2.05, 4.69) is 303 Å². The molecule has 0 radical (unpaired) electrons. The number of thiophene rings is 1. The van der Waals surface area contributed by atoms with Gasteiger partial charge in [-0.25, -0.2) is 0 Å². The van der Waals surface area contributed by atoms with E-state index in [-0.39, 0.29) is 7.43 Å². The van der Waals surface area contributed by atoms with Crippen molar-refractivity contribution >= 4 is 45.5 Å². The molecule has 1 aromatic heterocycles. The smallest absolute Gasteiger partial charge is 0.0462 e. The molecule has 10 aromatic carbocycles. The largest absolute Gasteiger partial charge is 0.311 e. The molecule has 0 N–H and O–H groups in total. The van der Waals surface area contributed by atoms with E-state index in [0.29, 0.717) is 0 Å². The fourth-order valence-electron chi connectivity index (χ4n) is 8.83. The van der Waals surface area contributed by atoms with Crippen LogP contribution in [0.1, 0.15) is 34.1 Å². The number of hydrogen-bond acceptors (Lipinski definition) is 3. The van der Waals surface area contributed by atoms with E-state index in [9.17, 15) is 0 Å². The zero-order valence-corrected chi connectivity index (χ0v) is 41.1. The first-order valence-corrected chi connectivity index (χ1v) is 25.5. The Labute approximate surface area is 431 Å². The van der Waals surface area contributed by atoms with Crippen molar-refractivity contribution in [1.82, 2.24) is 0 Å². The van der Waals surface area contributed by atoms with Gasteiger partial charge in [-0.05, 0) is 141 Å². The van der Waals surface area contributed by atoms with Gasteiger partial charge >= 0.3 is 0 Å². The number of anilines is 6. The van der Waals surface area contributed by atoms with Crippen molar-refractivity contribution in [2.45, 2.75) is 34.1 Å². The Morgan fingerprint density at radius 3 is 0.597 bits per heavy atom. The predicted octanol–water partition coefficient (Wildman–Crippen LogP) is 21.1. The molecule has 0 aliphatic rings. The Bertz CT molecular complexity index is 2950. The van der Waals surface area contributed by atoms with Gasteiger partial charge in [0.2, 0.25) is 0 Å². The highest BCUT2D eigenvalue weighted by molar-refractivity contribution is 7.18. The fraction of sp³-hybridized carbons (Fsp3) is 0.0725. The summed E-state index contributed by atoms with van der Waals surface area (Å²) in [6.07, 6.45) is 2.64. The zero-order valence-electron chi connectivity index (χ0n) is 40.3. The molecule has 0 spiro atoms. The van der Waals surface area contributed by atoms with Crippen LogP contribution in [0.15, 0.2) is 279 Å². The van der Waals surface area contributed by atoms with Crippen molar-refractivity contribution in [2.75, 3.05) is 9.80 Å². The lowest BCUT2D eigenvalue weighted by molar-refractivity contribution is 0.886. The van der Waals surface area contributed by atoms with Crippen molar-refractivity contribution in [3.8, 4) is 65.4 Å². The van der Waals surface area contributed by atoms with Gasteiger partial charge in [-0.2, -0.15) is 0 Å². The highest BCUT2D eigenvalue weighted by Crippen LogP contribution is 2.42. The van der Waals surface area contributed by atoms with Crippen LogP contribution in [0.4, 0.5) is 34.1 Å². The Morgan fingerprint density at radius 1 is 0.222 bits per heavy atom. The molecule has 0 bridgehead atoms. The van der Waals surface area contributed by atoms with Crippen LogP contribution in [-0.4, -0.2) is 0 Å². The molecule has 11 rings (SSSR count). The van der Waals surface area contributed by atoms with E-state index >= 15 is 0 Å². The van der Waals surface area contributed by atoms with Gasteiger partial charge in [-0.3, -0.25) is 0 Å². The van der Waals surface area contributed by atoms with Crippen LogP contribution < -0.4 is 9.80 Å². The van der Waals surface area contributed by atoms with E-state index in [1.54, 1.807) is 0 Å². The van der Waals surface area contributed by atoms with Crippen LogP contribution in [0.2, 0.25) is 0 Å². The third kappa shape index (κ3) is 11.2. The molecule has 0 amide bonds. The zero-order chi connectivity index (χ0) is 48.2. The van der Waals surface area contributed by atoms with Gasteiger partial charge in [0.15, 0.2) is 0 Å². The van der Waals surface area contributed by atoms with E-state index < -0.39 is 0 Å². The average Bonchev–Trinajstić information content (AvgIpc) is 3.96. The Hall–Kier alpha value is -8.50. The van der Waals surface area contributed by atoms with E-state index in [1.165, 1.54) is 78.2 Å². The molecule has 352 valence electrons. The topological polar surface area (TPSA) is 6.48 Å². The van der Waals surface area contributed by atoms with Crippen molar-refractivity contribution < 1.29 is 0 Å². The quantitative estimate of drug-likeness (QED) is 0.114. The standard InChI is InChI=1S/C64H46N2S.C4H10.CH4/c1-5-13-47(14-6-1)51-21-33-57(34-22-51)65(58-35-23-52(24-36-58)48-15-7-2-8-16-48)61-41-29-55(30-42-61)63-45-46-64(67-63)56-31-43-62(44-32-56)66(59-37-25-53(26-38-59)49-17-9-3-10-18-49)60-39-27-54(28-40-60)50-19-11-4-12-20-50;1-3-4-2;/h1-46H;3-4H2,1-2H3;1H4. The lowest BCUT2D eigenvalue weighted by Gasteiger charge is -2.26. The maximum absolute atomic E-state index is 2.34. The maximum atomic E-state index is 2.34. The monoisotopic (exact) mass is 948 g/mol. The molecule has 0 unspecified atom stereocenters. The lowest BCUT2D eigenvalue weighted by atomic mass is 10.0. The van der Waals surface area contributed by atoms with Gasteiger partial charge in [-0.1, -0.05) is 228 Å². The van der Waals surface area contributed by atoms with Crippen molar-refractivity contribution in [3.63, 3.8) is 0 Å². The van der Waals surface area contributed by atoms with Crippen molar-refractivity contribution in [3.05, 3.63) is 279 Å². The number of hydrogen-bond donors (Lipinski definition) is 0. The third-order valence-corrected chi connectivity index (χ3v) is 14.0. The summed E-state index contributed by atoms with van der Waals surface area (Å²) in [5.74, 6) is 0. The first kappa shape index (κ1) is 48.5. The van der Waals surface area contributed by atoms with Crippen LogP contribution in [0.3, 0.4) is 0 Å². The SMILES string of the molecule is C.CCCC.c1ccc(-c2ccc(N(c3ccc(-c4ccccc4)cc3)c3ccc(-c4ccc(-c5ccc(N(c6ccc(-c7ccccc7)cc6)c6ccc(-c7ccccc7)cc6)cc5)s4)cc3)cc2)cc1. The van der Waals surface area contributed by atoms with E-state index in [1.807, 2.05) is 11.3 Å². The summed E-state index contributed by atoms with van der Waals surface area (Å²) >= 11 is 1.82. The summed E-state index contributed by atoms with van der Waals surface area (Å²) in [5.41, 5.74) is 18.6. The molecule has 0 aliphatic heterocycles. The van der Waals surface area contributed by atoms with Crippen LogP contribution >= 0.6 is 11.3 Å². The van der Waals surface area contributed by atoms with Crippen molar-refractivity contribution in [2.24, 2.45) is 0 Å². The Morgan fingerprint density at radius 2 is 0.403 bits per heavy atom. The van der Waals surface area contributed by atoms with E-state index in [0.717, 1.165) is 34.1 Å². The molecular weight excluding hydrogens is 889 g/mol. The minimum Gasteiger partial charge on any atom is -0.311 e. The van der Waals surface area contributed by atoms with Gasteiger partial charge in [0.1, 0.15) is 0 Å². The summed E-state index contributed by atoms with van der Waals surface area (Å²) < 4.78 is 0. The van der Waals surface area contributed by atoms with Gasteiger partial charge in [0.25, 0.3) is 0 Å². The average molecular weight is 949 g/mol. The summed E-state index contributed by atoms with van der Waals surface area (Å²) in [4.78, 5) is 7.14. The number of rotatable bonds is 13. The van der Waals surface area contributed by atoms with Gasteiger partial charge in [0, 0.05) is 43.9 Å². The minimum absolute atomic E-state index is 0. The summed E-state index contributed by atoms with van der Waals surface area (Å²) in [5, 5.41) is 0. The molecule has 0 atom stereocenters. The molecule has 1 heterocycles. The second-order valence-corrected chi connectivity index (χ2v) is 18.7. The number of unbranched alkanes of at least 4 members (excludes halogenated alkanes) is 1. The molecular formula is C69H60N2S. The molecule has 3 heteroatoms. The van der Waals surface area contributed by atoms with Gasteiger partial charge < -0.3 is 9.80 Å². The summed E-state index contributed by atoms with van der Waals surface area (Å²) in [6.45, 7) is 4.36. The first-order chi connectivity index (χ1) is 35.1. The highest BCUT2D eigenvalue weighted by Gasteiger charge is 2.17. The molecule has 0 saturated carbocycles. The fourth-order valence-corrected chi connectivity index (χ4v) is 9.84. The van der Waals surface area contributed by atoms with Crippen LogP contribution in [0, 0.1) is 0 Å². The summed E-state index contributed by atoms with van der Waals surface area (Å²) in [6, 6.07) is 100. The third-order valence-electron chi connectivity index (χ3n) is 12.9. The second-order valence-electron chi connectivity index (χ2n) is 17.6. The maximum Gasteiger partial charge on any atom is 0.0462 e. The Balaban J connectivity index is 0.00000124. The molecule has 72 heavy (non-hydrogen) atoms. The van der Waals surface area contributed by atoms with Gasteiger partial charge in [-0.15, -0.1) is 11.3 Å². The molecule has 0 fully saturated rings. The molecule has 0 saturated heterocycles. The second kappa shape index (κ2) is 23.4. The number of benzene rings is 10. The normalized spacial score (nSPS) is 10.6. The van der Waals surface area contributed by atoms with Crippen molar-refractivity contribution in [1.29, 1.82) is 0 Å². The highest BCUT2D eigenvalue weighted by atomic mass is 32.1. The van der Waals surface area contributed by atoms with E-state index in [4.69, 9.17) is 0 Å². The van der Waals surface area contributed by atoms with Crippen LogP contribution in [0.25, 0.3) is 65.4 Å². The first-order valence-electron chi connectivity index (χ1n) is 24.6. The van der Waals surface area contributed by atoms with Crippen LogP contribution in [-0.2, 0) is 0 Å². The summed E-state index contributed by atoms with van der Waals surface area (Å²) in [7, 11) is 0. The van der Waals surface area contributed by atoms with Crippen LogP contribution in [0.5, 0.6) is 0 Å². The van der Waals surface area contributed by atoms with Gasteiger partial charge in [0.05, 0.1) is 0 Å². The molecule has 2 nitrogen and oxygen atoms in total. The molecule has 11 aromatic rings. The Kier molecular flexibility index (Phi) is 15.8. The molecule has 0 aliphatic carbocycles. The minimum atomic E-state index is 0. The predicted molar refractivity (Wildman–Crippen MR) is 314 cm³/mol.